The summed E-state index contributed by atoms with van der Waals surface area (Å²) in [7, 11) is 0. The van der Waals surface area contributed by atoms with Crippen LogP contribution in [0, 0.1) is 6.92 Å². The van der Waals surface area contributed by atoms with E-state index in [0.717, 1.165) is 30.7 Å². The first-order valence-electron chi connectivity index (χ1n) is 7.58. The van der Waals surface area contributed by atoms with E-state index in [1.807, 2.05) is 18.2 Å². The van der Waals surface area contributed by atoms with Crippen LogP contribution in [0.15, 0.2) is 41.5 Å². The molecule has 0 aliphatic carbocycles. The van der Waals surface area contributed by atoms with Gasteiger partial charge < -0.3 is 9.88 Å². The van der Waals surface area contributed by atoms with Gasteiger partial charge >= 0.3 is 0 Å². The second-order valence-corrected chi connectivity index (χ2v) is 5.66. The molecule has 1 N–H and O–H groups in total. The summed E-state index contributed by atoms with van der Waals surface area (Å²) in [6.07, 6.45) is 6.16. The molecule has 3 heterocycles. The zero-order valence-corrected chi connectivity index (χ0v) is 12.6. The Labute approximate surface area is 129 Å². The van der Waals surface area contributed by atoms with Crippen molar-refractivity contribution in [3.63, 3.8) is 0 Å². The molecule has 22 heavy (non-hydrogen) atoms. The monoisotopic (exact) mass is 297 g/mol. The number of nitrogens with zero attached hydrogens (tertiary/aromatic N) is 2. The van der Waals surface area contributed by atoms with E-state index in [1.165, 1.54) is 12.3 Å². The zero-order chi connectivity index (χ0) is 15.5. The Morgan fingerprint density at radius 2 is 2.23 bits per heavy atom. The van der Waals surface area contributed by atoms with E-state index in [9.17, 15) is 9.59 Å². The molecular weight excluding hydrogens is 278 g/mol. The fraction of sp³-hybridized carbons (Fsp3) is 0.353. The first-order valence-corrected chi connectivity index (χ1v) is 7.58. The number of hydrogen-bond donors (Lipinski definition) is 1. The van der Waals surface area contributed by atoms with Crippen LogP contribution in [0.3, 0.4) is 0 Å². The van der Waals surface area contributed by atoms with Gasteiger partial charge in [0.1, 0.15) is 5.56 Å². The maximum absolute atomic E-state index is 12.8. The van der Waals surface area contributed by atoms with Gasteiger partial charge in [0.15, 0.2) is 5.43 Å². The summed E-state index contributed by atoms with van der Waals surface area (Å²) >= 11 is 0. The highest BCUT2D eigenvalue weighted by Gasteiger charge is 2.30. The minimum Gasteiger partial charge on any atom is -0.364 e. The molecule has 0 spiro atoms. The van der Waals surface area contributed by atoms with Crippen LogP contribution < -0.4 is 5.43 Å². The van der Waals surface area contributed by atoms with Gasteiger partial charge in [-0.15, -0.1) is 0 Å². The molecule has 0 radical (unpaired) electrons. The van der Waals surface area contributed by atoms with Gasteiger partial charge in [-0.3, -0.25) is 14.6 Å². The van der Waals surface area contributed by atoms with Crippen LogP contribution in [0.1, 0.15) is 47.1 Å². The van der Waals surface area contributed by atoms with Crippen molar-refractivity contribution in [1.29, 1.82) is 0 Å². The lowest BCUT2D eigenvalue weighted by molar-refractivity contribution is 0.0604. The summed E-state index contributed by atoms with van der Waals surface area (Å²) in [4.78, 5) is 34.0. The fourth-order valence-electron chi connectivity index (χ4n) is 2.95. The van der Waals surface area contributed by atoms with E-state index in [-0.39, 0.29) is 22.9 Å². The fourth-order valence-corrected chi connectivity index (χ4v) is 2.95. The van der Waals surface area contributed by atoms with Crippen molar-refractivity contribution in [2.45, 2.75) is 32.2 Å². The number of likely N-dealkylation sites (tertiary alicyclic amines) is 1. The Morgan fingerprint density at radius 1 is 1.36 bits per heavy atom. The normalized spacial score (nSPS) is 18.2. The molecule has 1 aliphatic heterocycles. The molecular formula is C17H19N3O2. The highest BCUT2D eigenvalue weighted by atomic mass is 16.2. The predicted octanol–water partition coefficient (Wildman–Crippen LogP) is 2.45. The van der Waals surface area contributed by atoms with E-state index in [4.69, 9.17) is 0 Å². The number of aromatic nitrogens is 2. The van der Waals surface area contributed by atoms with E-state index in [1.54, 1.807) is 18.0 Å². The molecule has 1 saturated heterocycles. The summed E-state index contributed by atoms with van der Waals surface area (Å²) in [5, 5.41) is 0. The Bertz CT molecular complexity index is 724. The molecule has 1 aliphatic rings. The van der Waals surface area contributed by atoms with E-state index in [0.29, 0.717) is 6.54 Å². The molecule has 1 fully saturated rings. The number of H-pyrrole nitrogens is 1. The predicted molar refractivity (Wildman–Crippen MR) is 83.7 cm³/mol. The Hall–Kier alpha value is -2.43. The van der Waals surface area contributed by atoms with Crippen LogP contribution in [-0.2, 0) is 0 Å². The number of carbonyl (C=O) groups excluding carboxylic acids is 1. The van der Waals surface area contributed by atoms with Crippen molar-refractivity contribution in [1.82, 2.24) is 14.9 Å². The summed E-state index contributed by atoms with van der Waals surface area (Å²) < 4.78 is 0. The zero-order valence-electron chi connectivity index (χ0n) is 12.6. The number of amides is 1. The highest BCUT2D eigenvalue weighted by Crippen LogP contribution is 2.30. The molecule has 3 rings (SSSR count). The van der Waals surface area contributed by atoms with Crippen molar-refractivity contribution < 1.29 is 4.79 Å². The Morgan fingerprint density at radius 3 is 2.95 bits per heavy atom. The third-order valence-electron chi connectivity index (χ3n) is 4.08. The number of hydrogen-bond acceptors (Lipinski definition) is 3. The number of nitrogens with one attached hydrogen (secondary N) is 1. The molecule has 114 valence electrons. The SMILES string of the molecule is Cc1cc(=O)c(C(=O)N2CCCC[C@H]2c2ccccn2)c[nH]1. The van der Waals surface area contributed by atoms with Crippen LogP contribution in [0.2, 0.25) is 0 Å². The van der Waals surface area contributed by atoms with Gasteiger partial charge in [0.25, 0.3) is 5.91 Å². The topological polar surface area (TPSA) is 66.1 Å². The van der Waals surface area contributed by atoms with Crippen molar-refractivity contribution in [3.05, 3.63) is 63.8 Å². The highest BCUT2D eigenvalue weighted by molar-refractivity contribution is 5.94. The lowest BCUT2D eigenvalue weighted by Crippen LogP contribution is -2.40. The molecule has 5 nitrogen and oxygen atoms in total. The Kier molecular flexibility index (Phi) is 4.04. The van der Waals surface area contributed by atoms with Gasteiger partial charge in [-0.2, -0.15) is 0 Å². The first-order chi connectivity index (χ1) is 10.7. The average molecular weight is 297 g/mol. The summed E-state index contributed by atoms with van der Waals surface area (Å²) in [5.74, 6) is -0.211. The molecule has 5 heteroatoms. The summed E-state index contributed by atoms with van der Waals surface area (Å²) in [6, 6.07) is 7.15. The van der Waals surface area contributed by atoms with Crippen LogP contribution in [0.5, 0.6) is 0 Å². The van der Waals surface area contributed by atoms with Crippen molar-refractivity contribution >= 4 is 5.91 Å². The number of aryl methyl sites for hydroxylation is 1. The maximum Gasteiger partial charge on any atom is 0.259 e. The molecule has 1 amide bonds. The molecule has 1 atom stereocenters. The maximum atomic E-state index is 12.8. The molecule has 0 saturated carbocycles. The third kappa shape index (κ3) is 2.79. The standard InChI is InChI=1S/C17H19N3O2/c1-12-10-16(21)13(11-19-12)17(22)20-9-5-3-7-15(20)14-6-2-4-8-18-14/h2,4,6,8,10-11,15H,3,5,7,9H2,1H3,(H,19,21)/t15-/m0/s1. The smallest absolute Gasteiger partial charge is 0.259 e. The van der Waals surface area contributed by atoms with Crippen LogP contribution in [-0.4, -0.2) is 27.3 Å². The number of aromatic amines is 1. The van der Waals surface area contributed by atoms with Gasteiger partial charge in [0.05, 0.1) is 11.7 Å². The van der Waals surface area contributed by atoms with E-state index < -0.39 is 0 Å². The van der Waals surface area contributed by atoms with E-state index >= 15 is 0 Å². The number of pyridine rings is 2. The minimum absolute atomic E-state index is 0.0526. The van der Waals surface area contributed by atoms with Gasteiger partial charge in [0.2, 0.25) is 0 Å². The number of carbonyl (C=O) groups is 1. The van der Waals surface area contributed by atoms with Gasteiger partial charge in [-0.05, 0) is 38.3 Å². The van der Waals surface area contributed by atoms with Crippen LogP contribution in [0.4, 0.5) is 0 Å². The molecule has 0 unspecified atom stereocenters. The second-order valence-electron chi connectivity index (χ2n) is 5.66. The lowest BCUT2D eigenvalue weighted by Gasteiger charge is -2.35. The van der Waals surface area contributed by atoms with Crippen molar-refractivity contribution in [2.75, 3.05) is 6.54 Å². The largest absolute Gasteiger partial charge is 0.364 e. The van der Waals surface area contributed by atoms with Gasteiger partial charge in [0, 0.05) is 30.7 Å². The average Bonchev–Trinajstić information content (AvgIpc) is 2.55. The number of piperidine rings is 1. The molecule has 0 bridgehead atoms. The summed E-state index contributed by atoms with van der Waals surface area (Å²) in [5.41, 5.74) is 1.61. The lowest BCUT2D eigenvalue weighted by atomic mass is 9.98. The molecule has 2 aromatic heterocycles. The number of rotatable bonds is 2. The second kappa shape index (κ2) is 6.13. The summed E-state index contributed by atoms with van der Waals surface area (Å²) in [6.45, 7) is 2.46. The third-order valence-corrected chi connectivity index (χ3v) is 4.08. The molecule has 2 aromatic rings. The van der Waals surface area contributed by atoms with Gasteiger partial charge in [-0.1, -0.05) is 6.07 Å². The quantitative estimate of drug-likeness (QED) is 0.926. The van der Waals surface area contributed by atoms with Crippen LogP contribution in [0.25, 0.3) is 0 Å². The first kappa shape index (κ1) is 14.5. The molecule has 0 aromatic carbocycles. The minimum atomic E-state index is -0.230. The van der Waals surface area contributed by atoms with Crippen molar-refractivity contribution in [3.8, 4) is 0 Å². The van der Waals surface area contributed by atoms with Gasteiger partial charge in [-0.25, -0.2) is 0 Å². The van der Waals surface area contributed by atoms with E-state index in [2.05, 4.69) is 9.97 Å². The van der Waals surface area contributed by atoms with Crippen LogP contribution >= 0.6 is 0 Å². The Balaban J connectivity index is 1.93. The van der Waals surface area contributed by atoms with Crippen molar-refractivity contribution in [2.24, 2.45) is 0 Å².